The summed E-state index contributed by atoms with van der Waals surface area (Å²) in [6.45, 7) is 6.94. The summed E-state index contributed by atoms with van der Waals surface area (Å²) in [5, 5.41) is 0. The van der Waals surface area contributed by atoms with E-state index >= 15 is 0 Å². The summed E-state index contributed by atoms with van der Waals surface area (Å²) in [5.74, 6) is 0. The maximum absolute atomic E-state index is 2.31. The molecule has 0 aromatic heterocycles. The van der Waals surface area contributed by atoms with Gasteiger partial charge < -0.3 is 24.8 Å². The van der Waals surface area contributed by atoms with Gasteiger partial charge in [-0.3, -0.25) is 0 Å². The Hall–Kier alpha value is 1.52. The van der Waals surface area contributed by atoms with Crippen LogP contribution in [0.25, 0.3) is 0 Å². The summed E-state index contributed by atoms with van der Waals surface area (Å²) >= 11 is 0. The third kappa shape index (κ3) is 17.9. The molecule has 0 spiro atoms. The third-order valence-corrected chi connectivity index (χ3v) is 5.33. The van der Waals surface area contributed by atoms with Crippen molar-refractivity contribution >= 4 is 7.92 Å². The largest absolute Gasteiger partial charge is 2.00 e. The first-order chi connectivity index (χ1) is 6.35. The normalized spacial score (nSPS) is 9.00. The maximum atomic E-state index is 2.31. The van der Waals surface area contributed by atoms with Crippen molar-refractivity contribution in [1.82, 2.24) is 0 Å². The van der Waals surface area contributed by atoms with Crippen molar-refractivity contribution in [3.05, 3.63) is 0 Å². The van der Waals surface area contributed by atoms with E-state index in [1.165, 1.54) is 38.5 Å². The topological polar surface area (TPSA) is 0 Å². The fourth-order valence-electron chi connectivity index (χ4n) is 1.48. The summed E-state index contributed by atoms with van der Waals surface area (Å²) in [7, 11) is 0.422. The van der Waals surface area contributed by atoms with Gasteiger partial charge in [0.25, 0.3) is 0 Å². The van der Waals surface area contributed by atoms with E-state index in [4.69, 9.17) is 0 Å². The van der Waals surface area contributed by atoms with Gasteiger partial charge in [0.1, 0.15) is 0 Å². The van der Waals surface area contributed by atoms with E-state index in [-0.39, 0.29) is 41.6 Å². The molecule has 0 aliphatic carbocycles. The van der Waals surface area contributed by atoms with Crippen molar-refractivity contribution in [2.24, 2.45) is 0 Å². The molecule has 16 heavy (non-hydrogen) atoms. The second-order valence-electron chi connectivity index (χ2n) is 3.90. The molecule has 0 unspecified atom stereocenters. The molecule has 0 bridgehead atoms. The molecule has 0 N–H and O–H groups in total. The Bertz CT molecular complexity index is 86.0. The number of halogens is 2. The van der Waals surface area contributed by atoms with Gasteiger partial charge >= 0.3 is 16.8 Å². The van der Waals surface area contributed by atoms with Crippen LogP contribution >= 0.6 is 7.92 Å². The summed E-state index contributed by atoms with van der Waals surface area (Å²) in [6, 6.07) is 0. The zero-order valence-electron chi connectivity index (χ0n) is 10.9. The van der Waals surface area contributed by atoms with Crippen molar-refractivity contribution in [3.8, 4) is 0 Å². The van der Waals surface area contributed by atoms with Crippen LogP contribution in [0.3, 0.4) is 0 Å². The van der Waals surface area contributed by atoms with Crippen LogP contribution < -0.4 is 24.8 Å². The van der Waals surface area contributed by atoms with Crippen LogP contribution in [0.15, 0.2) is 0 Å². The fraction of sp³-hybridized carbons (Fsp3) is 1.00. The second kappa shape index (κ2) is 21.8. The minimum Gasteiger partial charge on any atom is -1.00 e. The zero-order valence-corrected chi connectivity index (χ0v) is 14.3. The standard InChI is InChI=1S/C12H27P.2ClH.Co/c1-4-7-10-13(11-8-5-2)12-9-6-3;;;/h4-12H2,1-3H3;2*1H;/q;;;+2/p-2. The van der Waals surface area contributed by atoms with E-state index in [1.807, 2.05) is 0 Å². The van der Waals surface area contributed by atoms with Gasteiger partial charge in [0.2, 0.25) is 0 Å². The van der Waals surface area contributed by atoms with E-state index in [0.29, 0.717) is 7.92 Å². The molecule has 0 fully saturated rings. The molecule has 0 heterocycles. The Morgan fingerprint density at radius 2 is 0.875 bits per heavy atom. The molecule has 0 saturated heterocycles. The van der Waals surface area contributed by atoms with Gasteiger partial charge in [0.15, 0.2) is 0 Å². The van der Waals surface area contributed by atoms with Crippen molar-refractivity contribution < 1.29 is 41.6 Å². The molecular formula is C12H27Cl2CoP. The molecule has 103 valence electrons. The van der Waals surface area contributed by atoms with Gasteiger partial charge in [-0.2, -0.15) is 0 Å². The molecule has 0 aromatic carbocycles. The molecule has 0 saturated carbocycles. The number of rotatable bonds is 9. The predicted octanol–water partition coefficient (Wildman–Crippen LogP) is -1.13. The van der Waals surface area contributed by atoms with Gasteiger partial charge in [0, 0.05) is 0 Å². The quantitative estimate of drug-likeness (QED) is 0.469. The SMILES string of the molecule is CCCCP(CCCC)CCCC.[Cl-].[Cl-].[Co+2]. The maximum Gasteiger partial charge on any atom is 2.00 e. The van der Waals surface area contributed by atoms with Gasteiger partial charge in [-0.05, 0) is 37.7 Å². The Labute approximate surface area is 127 Å². The molecule has 0 aliphatic heterocycles. The molecule has 4 heteroatoms. The van der Waals surface area contributed by atoms with Gasteiger partial charge in [-0.15, -0.1) is 7.92 Å². The molecular weight excluding hydrogens is 305 g/mol. The van der Waals surface area contributed by atoms with Crippen LogP contribution in [-0.4, -0.2) is 18.5 Å². The fourth-order valence-corrected chi connectivity index (χ4v) is 4.44. The predicted molar refractivity (Wildman–Crippen MR) is 66.2 cm³/mol. The number of unbranched alkanes of at least 4 members (excludes halogenated alkanes) is 3. The molecule has 0 aliphatic rings. The molecule has 0 rings (SSSR count). The molecule has 0 nitrogen and oxygen atoms in total. The number of hydrogen-bond donors (Lipinski definition) is 0. The first kappa shape index (κ1) is 26.2. The summed E-state index contributed by atoms with van der Waals surface area (Å²) in [5.41, 5.74) is 0. The summed E-state index contributed by atoms with van der Waals surface area (Å²) in [6.07, 6.45) is 13.2. The van der Waals surface area contributed by atoms with Crippen LogP contribution in [-0.2, 0) is 16.8 Å². The zero-order chi connectivity index (χ0) is 9.94. The molecule has 0 atom stereocenters. The Balaban J connectivity index is -0.000000240. The Morgan fingerprint density at radius 3 is 1.06 bits per heavy atom. The van der Waals surface area contributed by atoms with Crippen molar-refractivity contribution in [1.29, 1.82) is 0 Å². The van der Waals surface area contributed by atoms with Crippen LogP contribution in [0, 0.1) is 0 Å². The van der Waals surface area contributed by atoms with E-state index in [9.17, 15) is 0 Å². The van der Waals surface area contributed by atoms with E-state index in [2.05, 4.69) is 20.8 Å². The minimum atomic E-state index is 0. The average molecular weight is 332 g/mol. The van der Waals surface area contributed by atoms with E-state index in [0.717, 1.165) is 0 Å². The number of hydrogen-bond acceptors (Lipinski definition) is 0. The van der Waals surface area contributed by atoms with Gasteiger partial charge in [-0.25, -0.2) is 0 Å². The van der Waals surface area contributed by atoms with Crippen LogP contribution in [0.1, 0.15) is 59.3 Å². The first-order valence-electron chi connectivity index (χ1n) is 6.07. The second-order valence-corrected chi connectivity index (χ2v) is 6.59. The van der Waals surface area contributed by atoms with Crippen molar-refractivity contribution in [3.63, 3.8) is 0 Å². The van der Waals surface area contributed by atoms with Gasteiger partial charge in [-0.1, -0.05) is 40.0 Å². The smallest absolute Gasteiger partial charge is 1.00 e. The summed E-state index contributed by atoms with van der Waals surface area (Å²) in [4.78, 5) is 0. The first-order valence-corrected chi connectivity index (χ1v) is 7.97. The van der Waals surface area contributed by atoms with Crippen LogP contribution in [0.4, 0.5) is 0 Å². The molecule has 1 radical (unpaired) electrons. The van der Waals surface area contributed by atoms with Gasteiger partial charge in [0.05, 0.1) is 0 Å². The van der Waals surface area contributed by atoms with Crippen LogP contribution in [0.5, 0.6) is 0 Å². The van der Waals surface area contributed by atoms with Crippen LogP contribution in [0.2, 0.25) is 0 Å². The third-order valence-electron chi connectivity index (χ3n) is 2.48. The Morgan fingerprint density at radius 1 is 0.625 bits per heavy atom. The summed E-state index contributed by atoms with van der Waals surface area (Å²) < 4.78 is 0. The van der Waals surface area contributed by atoms with Crippen molar-refractivity contribution in [2.45, 2.75) is 59.3 Å². The monoisotopic (exact) mass is 331 g/mol. The average Bonchev–Trinajstić information content (AvgIpc) is 2.17. The minimum absolute atomic E-state index is 0. The van der Waals surface area contributed by atoms with E-state index in [1.54, 1.807) is 18.5 Å². The van der Waals surface area contributed by atoms with Crippen molar-refractivity contribution in [2.75, 3.05) is 18.5 Å². The molecule has 0 amide bonds. The molecule has 0 aromatic rings. The van der Waals surface area contributed by atoms with E-state index < -0.39 is 0 Å². The Kier molecular flexibility index (Phi) is 35.6.